The van der Waals surface area contributed by atoms with Crippen LogP contribution in [0.25, 0.3) is 0 Å². The SMILES string of the molecule is CCC(C)NC(=O)[C@@H]1C[C@@H]2CCC[C@@H]2N1I. The molecule has 2 aliphatic rings. The van der Waals surface area contributed by atoms with Gasteiger partial charge in [0.1, 0.15) is 0 Å². The Balaban J connectivity index is 1.93. The van der Waals surface area contributed by atoms with Crippen molar-refractivity contribution in [3.05, 3.63) is 0 Å². The van der Waals surface area contributed by atoms with E-state index < -0.39 is 0 Å². The summed E-state index contributed by atoms with van der Waals surface area (Å²) in [5.41, 5.74) is 0. The molecule has 1 unspecified atom stereocenters. The van der Waals surface area contributed by atoms with E-state index in [2.05, 4.69) is 45.1 Å². The number of amides is 1. The van der Waals surface area contributed by atoms with Crippen LogP contribution in [0.4, 0.5) is 0 Å². The van der Waals surface area contributed by atoms with E-state index in [1.165, 1.54) is 19.3 Å². The predicted octanol–water partition coefficient (Wildman–Crippen LogP) is 2.49. The Labute approximate surface area is 112 Å². The molecule has 16 heavy (non-hydrogen) atoms. The lowest BCUT2D eigenvalue weighted by atomic mass is 10.0. The minimum Gasteiger partial charge on any atom is -0.352 e. The van der Waals surface area contributed by atoms with E-state index in [0.29, 0.717) is 12.1 Å². The summed E-state index contributed by atoms with van der Waals surface area (Å²) in [6.45, 7) is 4.18. The first kappa shape index (κ1) is 12.6. The molecule has 1 aliphatic heterocycles. The maximum atomic E-state index is 12.1. The van der Waals surface area contributed by atoms with Gasteiger partial charge in [-0.1, -0.05) is 13.3 Å². The highest BCUT2D eigenvalue weighted by atomic mass is 127. The smallest absolute Gasteiger partial charge is 0.238 e. The summed E-state index contributed by atoms with van der Waals surface area (Å²) < 4.78 is 2.28. The standard InChI is InChI=1S/C12H21IN2O/c1-3-8(2)14-12(16)11-7-9-5-4-6-10(9)15(11)13/h8-11H,3-7H2,1-2H3,(H,14,16)/t8?,9-,10-,11-/m0/s1. The van der Waals surface area contributed by atoms with Gasteiger partial charge in [-0.3, -0.25) is 4.79 Å². The maximum Gasteiger partial charge on any atom is 0.238 e. The molecule has 3 nitrogen and oxygen atoms in total. The highest BCUT2D eigenvalue weighted by Gasteiger charge is 2.45. The zero-order valence-electron chi connectivity index (χ0n) is 10.1. The summed E-state index contributed by atoms with van der Waals surface area (Å²) in [7, 11) is 0. The first-order valence-corrected chi connectivity index (χ1v) is 7.34. The topological polar surface area (TPSA) is 32.3 Å². The molecule has 0 bridgehead atoms. The van der Waals surface area contributed by atoms with Gasteiger partial charge in [-0.2, -0.15) is 0 Å². The second-order valence-electron chi connectivity index (χ2n) is 5.17. The molecule has 0 aromatic heterocycles. The number of halogens is 1. The van der Waals surface area contributed by atoms with Crippen molar-refractivity contribution in [3.8, 4) is 0 Å². The van der Waals surface area contributed by atoms with Crippen molar-refractivity contribution in [3.63, 3.8) is 0 Å². The summed E-state index contributed by atoms with van der Waals surface area (Å²) in [5.74, 6) is 1.00. The van der Waals surface area contributed by atoms with Crippen LogP contribution in [0.2, 0.25) is 0 Å². The fourth-order valence-electron chi connectivity index (χ4n) is 2.90. The van der Waals surface area contributed by atoms with Crippen molar-refractivity contribution in [2.45, 2.75) is 64.1 Å². The molecule has 0 spiro atoms. The van der Waals surface area contributed by atoms with E-state index in [0.717, 1.165) is 18.8 Å². The van der Waals surface area contributed by atoms with Gasteiger partial charge in [0.15, 0.2) is 0 Å². The summed E-state index contributed by atoms with van der Waals surface area (Å²) in [6, 6.07) is 1.08. The number of nitrogens with zero attached hydrogens (tertiary/aromatic N) is 1. The maximum absolute atomic E-state index is 12.1. The Kier molecular flexibility index (Phi) is 4.11. The van der Waals surface area contributed by atoms with Crippen LogP contribution in [0.15, 0.2) is 0 Å². The molecule has 4 heteroatoms. The van der Waals surface area contributed by atoms with Gasteiger partial charge in [0.25, 0.3) is 0 Å². The molecule has 1 heterocycles. The van der Waals surface area contributed by atoms with E-state index >= 15 is 0 Å². The van der Waals surface area contributed by atoms with Crippen molar-refractivity contribution < 1.29 is 4.79 Å². The van der Waals surface area contributed by atoms with Crippen LogP contribution < -0.4 is 5.32 Å². The van der Waals surface area contributed by atoms with Gasteiger partial charge in [-0.05, 0) is 38.5 Å². The second-order valence-corrected chi connectivity index (χ2v) is 6.29. The zero-order chi connectivity index (χ0) is 11.7. The van der Waals surface area contributed by atoms with Crippen LogP contribution in [0.1, 0.15) is 46.0 Å². The van der Waals surface area contributed by atoms with E-state index in [1.54, 1.807) is 0 Å². The van der Waals surface area contributed by atoms with Crippen molar-refractivity contribution in [2.75, 3.05) is 0 Å². The fourth-order valence-corrected chi connectivity index (χ4v) is 4.11. The molecule has 4 atom stereocenters. The third kappa shape index (κ3) is 2.37. The highest BCUT2D eigenvalue weighted by Crippen LogP contribution is 2.43. The second kappa shape index (κ2) is 5.21. The van der Waals surface area contributed by atoms with Gasteiger partial charge in [0.2, 0.25) is 5.91 Å². The van der Waals surface area contributed by atoms with Crippen LogP contribution >= 0.6 is 22.9 Å². The van der Waals surface area contributed by atoms with Crippen molar-refractivity contribution in [2.24, 2.45) is 5.92 Å². The molecule has 1 aliphatic carbocycles. The lowest BCUT2D eigenvalue weighted by Gasteiger charge is -2.23. The average Bonchev–Trinajstić information content (AvgIpc) is 2.81. The van der Waals surface area contributed by atoms with Crippen LogP contribution in [0.3, 0.4) is 0 Å². The largest absolute Gasteiger partial charge is 0.352 e. The van der Waals surface area contributed by atoms with E-state index in [1.807, 2.05) is 0 Å². The van der Waals surface area contributed by atoms with Crippen molar-refractivity contribution in [1.82, 2.24) is 8.43 Å². The summed E-state index contributed by atoms with van der Waals surface area (Å²) in [4.78, 5) is 12.1. The molecular weight excluding hydrogens is 315 g/mol. The van der Waals surface area contributed by atoms with Crippen LogP contribution in [-0.4, -0.2) is 27.1 Å². The predicted molar refractivity (Wildman–Crippen MR) is 73.3 cm³/mol. The number of nitrogens with one attached hydrogen (secondary N) is 1. The minimum atomic E-state index is 0.116. The summed E-state index contributed by atoms with van der Waals surface area (Å²) >= 11 is 2.36. The Morgan fingerprint density at radius 1 is 1.56 bits per heavy atom. The molecule has 0 radical (unpaired) electrons. The first-order chi connectivity index (χ1) is 7.63. The Morgan fingerprint density at radius 3 is 2.94 bits per heavy atom. The van der Waals surface area contributed by atoms with Crippen molar-refractivity contribution in [1.29, 1.82) is 0 Å². The van der Waals surface area contributed by atoms with Crippen LogP contribution in [0, 0.1) is 5.92 Å². The van der Waals surface area contributed by atoms with Gasteiger partial charge in [0, 0.05) is 34.9 Å². The molecule has 2 fully saturated rings. The number of carbonyl (C=O) groups excluding carboxylic acids is 1. The number of carbonyl (C=O) groups is 1. The number of fused-ring (bicyclic) bond motifs is 1. The van der Waals surface area contributed by atoms with Gasteiger partial charge in [-0.15, -0.1) is 0 Å². The molecule has 1 N–H and O–H groups in total. The first-order valence-electron chi connectivity index (χ1n) is 6.38. The lowest BCUT2D eigenvalue weighted by Crippen LogP contribution is -2.44. The van der Waals surface area contributed by atoms with E-state index in [-0.39, 0.29) is 11.9 Å². The zero-order valence-corrected chi connectivity index (χ0v) is 12.2. The Morgan fingerprint density at radius 2 is 2.31 bits per heavy atom. The van der Waals surface area contributed by atoms with Crippen LogP contribution in [0.5, 0.6) is 0 Å². The Hall–Kier alpha value is 0.160. The van der Waals surface area contributed by atoms with Gasteiger partial charge in [0.05, 0.1) is 6.04 Å². The quantitative estimate of drug-likeness (QED) is 0.634. The molecule has 0 aromatic rings. The van der Waals surface area contributed by atoms with Gasteiger partial charge < -0.3 is 5.32 Å². The molecule has 0 aromatic carbocycles. The number of hydrogen-bond donors (Lipinski definition) is 1. The normalized spacial score (nSPS) is 36.1. The average molecular weight is 336 g/mol. The van der Waals surface area contributed by atoms with Crippen molar-refractivity contribution >= 4 is 28.8 Å². The number of hydrogen-bond acceptors (Lipinski definition) is 2. The van der Waals surface area contributed by atoms with Gasteiger partial charge in [-0.25, -0.2) is 3.11 Å². The third-order valence-corrected chi connectivity index (χ3v) is 5.45. The van der Waals surface area contributed by atoms with Crippen LogP contribution in [-0.2, 0) is 4.79 Å². The minimum absolute atomic E-state index is 0.116. The van der Waals surface area contributed by atoms with E-state index in [9.17, 15) is 4.79 Å². The molecule has 2 rings (SSSR count). The fraction of sp³-hybridized carbons (Fsp3) is 0.917. The Bertz CT molecular complexity index is 272. The molecule has 92 valence electrons. The highest BCUT2D eigenvalue weighted by molar-refractivity contribution is 14.1. The molecular formula is C12H21IN2O. The molecule has 1 saturated carbocycles. The summed E-state index contributed by atoms with van der Waals surface area (Å²) in [6.07, 6.45) is 6.01. The molecule has 1 saturated heterocycles. The third-order valence-electron chi connectivity index (χ3n) is 4.06. The summed E-state index contributed by atoms with van der Waals surface area (Å²) in [5, 5.41) is 3.11. The molecule has 1 amide bonds. The van der Waals surface area contributed by atoms with Gasteiger partial charge >= 0.3 is 0 Å². The van der Waals surface area contributed by atoms with E-state index in [4.69, 9.17) is 0 Å². The number of rotatable bonds is 3. The lowest BCUT2D eigenvalue weighted by molar-refractivity contribution is -0.124. The monoisotopic (exact) mass is 336 g/mol.